The Kier molecular flexibility index (Phi) is 38.8. The number of hydrogen-bond acceptors (Lipinski definition) is 31. The average Bonchev–Trinajstić information content (AvgIpc) is 0.813. The molecule has 0 spiro atoms. The molecule has 0 bridgehead atoms. The molecule has 598 valence electrons. The molecule has 0 saturated heterocycles. The first kappa shape index (κ1) is 89.2. The number of nitrogens with one attached hydrogen (secondary N) is 5. The molecule has 2 atom stereocenters. The van der Waals surface area contributed by atoms with Crippen molar-refractivity contribution < 1.29 is 81.0 Å². The quantitative estimate of drug-likeness (QED) is 0.0105. The average molecular weight is 1520 g/mol. The van der Waals surface area contributed by atoms with Gasteiger partial charge in [-0.05, 0) is 136 Å². The van der Waals surface area contributed by atoms with Gasteiger partial charge < -0.3 is 102 Å². The van der Waals surface area contributed by atoms with Crippen LogP contribution in [0.3, 0.4) is 0 Å². The number of benzene rings is 2. The Labute approximate surface area is 635 Å². The van der Waals surface area contributed by atoms with E-state index in [2.05, 4.69) is 66.5 Å². The Bertz CT molecular complexity index is 3850. The van der Waals surface area contributed by atoms with Crippen LogP contribution in [-0.4, -0.2) is 231 Å². The zero-order chi connectivity index (χ0) is 79.7. The summed E-state index contributed by atoms with van der Waals surface area (Å²) in [5.74, 6) is -2.11. The number of nitrogen functional groups attached to an aromatic ring is 4. The molecule has 4 aromatic heterocycles. The zero-order valence-electron chi connectivity index (χ0n) is 64.2. The van der Waals surface area contributed by atoms with E-state index in [0.29, 0.717) is 189 Å². The van der Waals surface area contributed by atoms with Gasteiger partial charge in [-0.25, -0.2) is 34.3 Å². The molecule has 2 aromatic carbocycles. The van der Waals surface area contributed by atoms with Crippen LogP contribution < -0.4 is 59.3 Å². The largest absolute Gasteiger partial charge is 0.467 e. The Morgan fingerprint density at radius 1 is 0.477 bits per heavy atom. The van der Waals surface area contributed by atoms with E-state index in [0.717, 1.165) is 11.4 Å². The fourth-order valence-corrected chi connectivity index (χ4v) is 9.98. The standard InChI is InChI=1S/C37H55N9O8.C36H54N10O9/c1-25(47)27(10-13-31(49)40-14-6-16-51-18-20-53-21-19-52-17-7-15-41-36(50)54-37(2,3)4)22-30(48)26-8-11-29(12-9-26)46(5)24-28-23-42-34-32(43-28)33(38)44-35(39)45-34;1-36(2,3)55-35(50)40-15-7-17-53-19-21-54-20-18-52-16-6-14-39-28(47)13-12-27(33(49)51-5)43-32(48)24-8-10-26(11-9-24)46(4)23-25-22-41-31-29(42-25)30(37)44-34(38)45-31/h8-9,11-12,23,27H,6-7,10,13-22,24H2,1-5H3,(H,40,49)(H,41,50)(H4,38,39,42,44,45);8-11,22,27H,6-7,12-21,23H2,1-5H3,(H,39,47)(H,40,50)(H,43,48)(H4,37,38,41,44,45). The number of nitrogens with zero attached hydrogens (tertiary/aromatic N) is 10. The summed E-state index contributed by atoms with van der Waals surface area (Å²) < 4.78 is 48.2. The highest BCUT2D eigenvalue weighted by Gasteiger charge is 2.25. The van der Waals surface area contributed by atoms with Crippen molar-refractivity contribution in [3.8, 4) is 0 Å². The number of ether oxygens (including phenoxy) is 9. The summed E-state index contributed by atoms with van der Waals surface area (Å²) in [7, 11) is 4.95. The molecule has 36 nitrogen and oxygen atoms in total. The van der Waals surface area contributed by atoms with Gasteiger partial charge in [0.15, 0.2) is 39.7 Å². The van der Waals surface area contributed by atoms with Crippen molar-refractivity contribution in [2.24, 2.45) is 5.92 Å². The van der Waals surface area contributed by atoms with E-state index in [9.17, 15) is 38.4 Å². The number of Topliss-reactive ketones (excluding diaryl/α,β-unsaturated/α-hetero) is 2. The van der Waals surface area contributed by atoms with Crippen LogP contribution in [-0.2, 0) is 74.9 Å². The van der Waals surface area contributed by atoms with Crippen LogP contribution in [0.4, 0.5) is 44.5 Å². The second-order valence-electron chi connectivity index (χ2n) is 27.0. The van der Waals surface area contributed by atoms with Gasteiger partial charge in [-0.15, -0.1) is 0 Å². The number of rotatable bonds is 47. The van der Waals surface area contributed by atoms with Gasteiger partial charge in [-0.3, -0.25) is 24.0 Å². The molecule has 6 rings (SSSR count). The minimum absolute atomic E-state index is 0.00360. The lowest BCUT2D eigenvalue weighted by atomic mass is 9.91. The van der Waals surface area contributed by atoms with Gasteiger partial charge >= 0.3 is 18.2 Å². The lowest BCUT2D eigenvalue weighted by Gasteiger charge is -2.20. The van der Waals surface area contributed by atoms with Crippen molar-refractivity contribution in [1.82, 2.24) is 66.5 Å². The number of ketones is 2. The summed E-state index contributed by atoms with van der Waals surface area (Å²) in [6, 6.07) is 12.8. The summed E-state index contributed by atoms with van der Waals surface area (Å²) in [5, 5.41) is 13.7. The first-order valence-corrected chi connectivity index (χ1v) is 36.0. The van der Waals surface area contributed by atoms with Gasteiger partial charge in [0.2, 0.25) is 23.7 Å². The third-order valence-electron chi connectivity index (χ3n) is 15.5. The fraction of sp³-hybridized carbons (Fsp3) is 0.562. The van der Waals surface area contributed by atoms with Crippen molar-refractivity contribution in [2.75, 3.05) is 159 Å². The Balaban J connectivity index is 0.000000391. The highest BCUT2D eigenvalue weighted by Crippen LogP contribution is 2.24. The second-order valence-corrected chi connectivity index (χ2v) is 27.0. The summed E-state index contributed by atoms with van der Waals surface area (Å²) in [4.78, 5) is 136. The zero-order valence-corrected chi connectivity index (χ0v) is 64.2. The summed E-state index contributed by atoms with van der Waals surface area (Å²) >= 11 is 0. The normalized spacial score (nSPS) is 11.9. The van der Waals surface area contributed by atoms with Gasteiger partial charge in [-0.1, -0.05) is 0 Å². The smallest absolute Gasteiger partial charge is 0.407 e. The first-order chi connectivity index (χ1) is 52.0. The molecule has 4 heterocycles. The molecule has 0 aliphatic heterocycles. The van der Waals surface area contributed by atoms with Crippen LogP contribution in [0.15, 0.2) is 60.9 Å². The van der Waals surface area contributed by atoms with Crippen molar-refractivity contribution in [1.29, 1.82) is 0 Å². The highest BCUT2D eigenvalue weighted by atomic mass is 16.6. The molecule has 13 N–H and O–H groups in total. The number of fused-ring (bicyclic) bond motifs is 2. The molecule has 0 aliphatic rings. The van der Waals surface area contributed by atoms with Gasteiger partial charge in [0, 0.05) is 114 Å². The number of methoxy groups -OCH3 is 1. The van der Waals surface area contributed by atoms with Gasteiger partial charge in [0.05, 0.1) is 96.8 Å². The number of esters is 1. The molecule has 2 unspecified atom stereocenters. The van der Waals surface area contributed by atoms with Crippen LogP contribution in [0, 0.1) is 5.92 Å². The van der Waals surface area contributed by atoms with E-state index in [1.54, 1.807) is 48.8 Å². The second kappa shape index (κ2) is 47.4. The Morgan fingerprint density at radius 2 is 0.844 bits per heavy atom. The molecule has 109 heavy (non-hydrogen) atoms. The molecular weight excluding hydrogens is 1410 g/mol. The molecule has 6 aromatic rings. The van der Waals surface area contributed by atoms with Crippen molar-refractivity contribution in [2.45, 2.75) is 137 Å². The van der Waals surface area contributed by atoms with Crippen molar-refractivity contribution in [3.63, 3.8) is 0 Å². The highest BCUT2D eigenvalue weighted by molar-refractivity contribution is 5.99. The van der Waals surface area contributed by atoms with Gasteiger partial charge in [0.1, 0.15) is 23.0 Å². The van der Waals surface area contributed by atoms with Crippen LogP contribution in [0.5, 0.6) is 0 Å². The van der Waals surface area contributed by atoms with E-state index >= 15 is 0 Å². The Hall–Kier alpha value is -10.4. The topological polar surface area (TPSA) is 493 Å². The maximum absolute atomic E-state index is 13.1. The SMILES string of the molecule is CC(=O)C(CCC(=O)NCCCOCCOCCOCCCNC(=O)OC(C)(C)C)CC(=O)c1ccc(N(C)Cc2cnc3nc(N)nc(N)c3n2)cc1.COC(=O)C(CCC(=O)NCCCOCCOCCOCCCNC(=O)OC(C)(C)C)NC(=O)c1ccc(N(C)Cc2cnc3nc(N)nc(N)c3n2)cc1. The van der Waals surface area contributed by atoms with Crippen LogP contribution >= 0.6 is 0 Å². The molecule has 5 amide bonds. The monoisotopic (exact) mass is 1520 g/mol. The minimum Gasteiger partial charge on any atom is -0.467 e. The van der Waals surface area contributed by atoms with E-state index in [1.807, 2.05) is 77.6 Å². The first-order valence-electron chi connectivity index (χ1n) is 36.0. The number of alkyl carbamates (subject to hydrolysis) is 2. The van der Waals surface area contributed by atoms with E-state index in [4.69, 9.17) is 65.6 Å². The number of hydrogen-bond donors (Lipinski definition) is 9. The third kappa shape index (κ3) is 35.9. The predicted octanol–water partition coefficient (Wildman–Crippen LogP) is 4.99. The number of anilines is 6. The molecule has 0 fully saturated rings. The number of amides is 5. The summed E-state index contributed by atoms with van der Waals surface area (Å²) in [6.45, 7) is 20.1. The molecular formula is C73H109N19O17. The summed E-state index contributed by atoms with van der Waals surface area (Å²) in [6.07, 6.45) is 5.33. The van der Waals surface area contributed by atoms with Crippen molar-refractivity contribution in [3.05, 3.63) is 83.4 Å². The predicted molar refractivity (Wildman–Crippen MR) is 408 cm³/mol. The van der Waals surface area contributed by atoms with Crippen LogP contribution in [0.1, 0.15) is 138 Å². The number of carbonyl (C=O) groups is 8. The minimum atomic E-state index is -1.02. The van der Waals surface area contributed by atoms with Crippen LogP contribution in [0.25, 0.3) is 22.3 Å². The molecule has 0 saturated carbocycles. The van der Waals surface area contributed by atoms with Crippen molar-refractivity contribution >= 4 is 105 Å². The molecule has 0 radical (unpaired) electrons. The lowest BCUT2D eigenvalue weighted by molar-refractivity contribution is -0.143. The van der Waals surface area contributed by atoms with E-state index < -0.39 is 47.2 Å². The molecule has 36 heteroatoms. The number of carbonyl (C=O) groups excluding carboxylic acids is 8. The van der Waals surface area contributed by atoms with E-state index in [-0.39, 0.29) is 79.0 Å². The summed E-state index contributed by atoms with van der Waals surface area (Å²) in [5.41, 5.74) is 27.1. The molecule has 0 aliphatic carbocycles. The number of nitrogens with two attached hydrogens (primary N) is 4. The van der Waals surface area contributed by atoms with Crippen LogP contribution in [0.2, 0.25) is 0 Å². The maximum Gasteiger partial charge on any atom is 0.407 e. The third-order valence-corrected chi connectivity index (χ3v) is 15.5. The van der Waals surface area contributed by atoms with Gasteiger partial charge in [-0.2, -0.15) is 19.9 Å². The maximum atomic E-state index is 13.1. The van der Waals surface area contributed by atoms with Gasteiger partial charge in [0.25, 0.3) is 5.91 Å². The Morgan fingerprint density at radius 3 is 1.22 bits per heavy atom. The fourth-order valence-electron chi connectivity index (χ4n) is 9.98. The lowest BCUT2D eigenvalue weighted by Crippen LogP contribution is -2.42. The van der Waals surface area contributed by atoms with E-state index in [1.165, 1.54) is 14.0 Å². The number of aromatic nitrogens is 8.